The van der Waals surface area contributed by atoms with Gasteiger partial charge in [-0.1, -0.05) is 0 Å². The Morgan fingerprint density at radius 3 is 2.18 bits per heavy atom. The molecule has 0 aliphatic heterocycles. The third-order valence-corrected chi connectivity index (χ3v) is 3.27. The Kier molecular flexibility index (Phi) is 4.75. The van der Waals surface area contributed by atoms with E-state index < -0.39 is 24.6 Å². The lowest BCUT2D eigenvalue weighted by molar-refractivity contribution is -0.137. The molecule has 1 aliphatic rings. The van der Waals surface area contributed by atoms with E-state index in [0.29, 0.717) is 0 Å². The summed E-state index contributed by atoms with van der Waals surface area (Å²) in [7, 11) is 0. The van der Waals surface area contributed by atoms with Crippen LogP contribution in [0.25, 0.3) is 0 Å². The summed E-state index contributed by atoms with van der Waals surface area (Å²) in [6, 6.07) is 0. The summed E-state index contributed by atoms with van der Waals surface area (Å²) in [4.78, 5) is 0. The predicted octanol–water partition coefficient (Wildman–Crippen LogP) is 3.91. The molecule has 1 atom stereocenters. The highest BCUT2D eigenvalue weighted by molar-refractivity contribution is 4.81. The van der Waals surface area contributed by atoms with Crippen LogP contribution in [0.3, 0.4) is 0 Å². The van der Waals surface area contributed by atoms with Crippen LogP contribution >= 0.6 is 0 Å². The summed E-state index contributed by atoms with van der Waals surface area (Å²) >= 11 is 0. The van der Waals surface area contributed by atoms with Crippen LogP contribution in [0.2, 0.25) is 0 Å². The molecule has 0 radical (unpaired) electrons. The van der Waals surface area contributed by atoms with Crippen LogP contribution in [0.4, 0.5) is 22.0 Å². The van der Waals surface area contributed by atoms with Crippen LogP contribution in [-0.2, 0) is 0 Å². The van der Waals surface area contributed by atoms with Crippen molar-refractivity contribution in [1.29, 1.82) is 0 Å². The minimum absolute atomic E-state index is 0.0374. The van der Waals surface area contributed by atoms with Gasteiger partial charge in [-0.15, -0.1) is 0 Å². The lowest BCUT2D eigenvalue weighted by Gasteiger charge is -2.31. The van der Waals surface area contributed by atoms with Crippen molar-refractivity contribution in [2.24, 2.45) is 5.92 Å². The van der Waals surface area contributed by atoms with Gasteiger partial charge in [0, 0.05) is 19.3 Å². The summed E-state index contributed by atoms with van der Waals surface area (Å²) in [5.41, 5.74) is 0. The van der Waals surface area contributed by atoms with Crippen molar-refractivity contribution in [3.05, 3.63) is 0 Å². The van der Waals surface area contributed by atoms with Gasteiger partial charge < -0.3 is 5.11 Å². The maximum absolute atomic E-state index is 12.8. The molecule has 1 saturated carbocycles. The summed E-state index contributed by atoms with van der Waals surface area (Å²) in [5, 5.41) is 9.63. The first-order valence-electron chi connectivity index (χ1n) is 5.82. The first-order chi connectivity index (χ1) is 7.70. The molecule has 0 bridgehead atoms. The van der Waals surface area contributed by atoms with Gasteiger partial charge in [-0.3, -0.25) is 0 Å². The zero-order valence-electron chi connectivity index (χ0n) is 9.44. The highest BCUT2D eigenvalue weighted by Gasteiger charge is 2.37. The molecule has 0 spiro atoms. The predicted molar refractivity (Wildman–Crippen MR) is 52.8 cm³/mol. The van der Waals surface area contributed by atoms with Gasteiger partial charge in [-0.05, 0) is 31.6 Å². The van der Waals surface area contributed by atoms with Gasteiger partial charge in [0.15, 0.2) is 0 Å². The van der Waals surface area contributed by atoms with Crippen molar-refractivity contribution < 1.29 is 27.1 Å². The molecule has 1 nitrogen and oxygen atoms in total. The molecule has 17 heavy (non-hydrogen) atoms. The molecule has 1 aliphatic carbocycles. The minimum Gasteiger partial charge on any atom is -0.393 e. The van der Waals surface area contributed by atoms with Gasteiger partial charge in [0.25, 0.3) is 0 Å². The highest BCUT2D eigenvalue weighted by atomic mass is 19.4. The van der Waals surface area contributed by atoms with Gasteiger partial charge in [0.2, 0.25) is 5.92 Å². The molecule has 1 rings (SSSR count). The monoisotopic (exact) mass is 260 g/mol. The lowest BCUT2D eigenvalue weighted by atomic mass is 9.82. The molecular weight excluding hydrogens is 243 g/mol. The standard InChI is InChI=1S/C11H17F5O/c12-10(13)6-3-8(4-7-10)9(17)2-1-5-11(14,15)16/h8-9,17H,1-7H2. The number of hydrogen-bond acceptors (Lipinski definition) is 1. The Morgan fingerprint density at radius 1 is 1.18 bits per heavy atom. The van der Waals surface area contributed by atoms with Crippen LogP contribution in [0.5, 0.6) is 0 Å². The highest BCUT2D eigenvalue weighted by Crippen LogP contribution is 2.38. The van der Waals surface area contributed by atoms with Crippen LogP contribution in [-0.4, -0.2) is 23.3 Å². The molecule has 102 valence electrons. The maximum atomic E-state index is 12.8. The van der Waals surface area contributed by atoms with Gasteiger partial charge >= 0.3 is 6.18 Å². The second-order valence-corrected chi connectivity index (χ2v) is 4.77. The Morgan fingerprint density at radius 2 is 1.71 bits per heavy atom. The molecule has 6 heteroatoms. The molecule has 0 aromatic heterocycles. The van der Waals surface area contributed by atoms with E-state index in [1.807, 2.05) is 0 Å². The molecule has 0 heterocycles. The summed E-state index contributed by atoms with van der Waals surface area (Å²) in [6.45, 7) is 0. The second kappa shape index (κ2) is 5.50. The molecule has 1 fully saturated rings. The van der Waals surface area contributed by atoms with Crippen LogP contribution in [0, 0.1) is 5.92 Å². The molecule has 0 amide bonds. The summed E-state index contributed by atoms with van der Waals surface area (Å²) in [5.74, 6) is -2.94. The largest absolute Gasteiger partial charge is 0.393 e. The Bertz CT molecular complexity index is 229. The first kappa shape index (κ1) is 14.7. The van der Waals surface area contributed by atoms with E-state index in [0.717, 1.165) is 0 Å². The van der Waals surface area contributed by atoms with Gasteiger partial charge in [-0.2, -0.15) is 13.2 Å². The van der Waals surface area contributed by atoms with E-state index in [-0.39, 0.29) is 44.4 Å². The lowest BCUT2D eigenvalue weighted by Crippen LogP contribution is -2.31. The fourth-order valence-corrected chi connectivity index (χ4v) is 2.19. The van der Waals surface area contributed by atoms with E-state index in [1.54, 1.807) is 0 Å². The number of halogens is 5. The second-order valence-electron chi connectivity index (χ2n) is 4.77. The molecule has 1 N–H and O–H groups in total. The van der Waals surface area contributed by atoms with E-state index in [9.17, 15) is 27.1 Å². The Labute approximate surface area is 97.0 Å². The van der Waals surface area contributed by atoms with Crippen molar-refractivity contribution in [1.82, 2.24) is 0 Å². The SMILES string of the molecule is OC(CCCC(F)(F)F)C1CCC(F)(F)CC1. The van der Waals surface area contributed by atoms with Crippen molar-refractivity contribution in [2.45, 2.75) is 63.1 Å². The topological polar surface area (TPSA) is 20.2 Å². The number of rotatable bonds is 4. The minimum atomic E-state index is -4.21. The van der Waals surface area contributed by atoms with Crippen molar-refractivity contribution >= 4 is 0 Å². The third-order valence-electron chi connectivity index (χ3n) is 3.27. The number of alkyl halides is 5. The van der Waals surface area contributed by atoms with Crippen LogP contribution in [0.1, 0.15) is 44.9 Å². The fraction of sp³-hybridized carbons (Fsp3) is 1.00. The summed E-state index contributed by atoms with van der Waals surface area (Å²) in [6.07, 6.45) is -6.27. The number of hydrogen-bond donors (Lipinski definition) is 1. The normalized spacial score (nSPS) is 23.6. The molecular formula is C11H17F5O. The maximum Gasteiger partial charge on any atom is 0.389 e. The molecule has 0 aromatic carbocycles. The molecule has 1 unspecified atom stereocenters. The Hall–Kier alpha value is -0.390. The zero-order chi connectivity index (χ0) is 13.1. The number of aliphatic hydroxyl groups excluding tert-OH is 1. The fourth-order valence-electron chi connectivity index (χ4n) is 2.19. The van der Waals surface area contributed by atoms with Crippen molar-refractivity contribution in [3.63, 3.8) is 0 Å². The van der Waals surface area contributed by atoms with Crippen molar-refractivity contribution in [2.75, 3.05) is 0 Å². The quantitative estimate of drug-likeness (QED) is 0.760. The Balaban J connectivity index is 2.23. The van der Waals surface area contributed by atoms with Gasteiger partial charge in [0.05, 0.1) is 6.10 Å². The first-order valence-corrected chi connectivity index (χ1v) is 5.82. The summed E-state index contributed by atoms with van der Waals surface area (Å²) < 4.78 is 61.2. The molecule has 0 saturated heterocycles. The van der Waals surface area contributed by atoms with Crippen LogP contribution < -0.4 is 0 Å². The van der Waals surface area contributed by atoms with E-state index in [4.69, 9.17) is 0 Å². The van der Waals surface area contributed by atoms with Crippen LogP contribution in [0.15, 0.2) is 0 Å². The van der Waals surface area contributed by atoms with E-state index in [1.165, 1.54) is 0 Å². The zero-order valence-corrected chi connectivity index (χ0v) is 9.44. The van der Waals surface area contributed by atoms with Crippen molar-refractivity contribution in [3.8, 4) is 0 Å². The number of aliphatic hydroxyl groups is 1. The third kappa shape index (κ3) is 5.66. The van der Waals surface area contributed by atoms with E-state index in [2.05, 4.69) is 0 Å². The van der Waals surface area contributed by atoms with Gasteiger partial charge in [-0.25, -0.2) is 8.78 Å². The average Bonchev–Trinajstić information content (AvgIpc) is 2.15. The molecule has 0 aromatic rings. The average molecular weight is 260 g/mol. The smallest absolute Gasteiger partial charge is 0.389 e. The van der Waals surface area contributed by atoms with E-state index >= 15 is 0 Å². The van der Waals surface area contributed by atoms with Gasteiger partial charge in [0.1, 0.15) is 0 Å².